The van der Waals surface area contributed by atoms with E-state index in [0.717, 1.165) is 12.1 Å². The first kappa shape index (κ1) is 34.2. The second-order valence-corrected chi connectivity index (χ2v) is 10.2. The van der Waals surface area contributed by atoms with Crippen LogP contribution in [0.3, 0.4) is 0 Å². The number of alkyl halides is 6. The molecule has 0 fully saturated rings. The Morgan fingerprint density at radius 1 is 0.440 bits per heavy atom. The van der Waals surface area contributed by atoms with Crippen LogP contribution in [0.15, 0.2) is 47.5 Å². The number of benzene rings is 3. The van der Waals surface area contributed by atoms with Gasteiger partial charge in [0.25, 0.3) is 0 Å². The Bertz CT molecular complexity index is 2260. The van der Waals surface area contributed by atoms with Crippen molar-refractivity contribution in [2.24, 2.45) is 0 Å². The van der Waals surface area contributed by atoms with Gasteiger partial charge in [-0.1, -0.05) is 0 Å². The summed E-state index contributed by atoms with van der Waals surface area (Å²) >= 11 is 0. The van der Waals surface area contributed by atoms with Crippen LogP contribution in [0, 0.1) is 91.3 Å². The SMILES string of the molecule is N#CC(C#N)=C1C(c2cc(F)c(C(F)(F)F)c(F)c2)=C(C#N)c2cc3c(cc21)C(=C(C#N)C#N)C(c1cc(F)c(C(F)(F)F)c(F)c1)=C3C#N. The molecule has 6 nitrogen and oxygen atoms in total. The minimum atomic E-state index is -5.49. The van der Waals surface area contributed by atoms with E-state index in [-0.39, 0.29) is 46.5 Å². The molecule has 16 heteroatoms. The Morgan fingerprint density at radius 3 is 0.960 bits per heavy atom. The smallest absolute Gasteiger partial charge is 0.206 e. The second-order valence-electron chi connectivity index (χ2n) is 10.2. The molecule has 0 saturated carbocycles. The molecule has 0 bridgehead atoms. The fourth-order valence-corrected chi connectivity index (χ4v) is 5.79. The second kappa shape index (κ2) is 11.8. The van der Waals surface area contributed by atoms with Crippen LogP contribution >= 0.6 is 0 Å². The molecular formula is C34H6F10N6. The molecule has 0 unspecified atom stereocenters. The van der Waals surface area contributed by atoms with Crippen molar-refractivity contribution in [1.82, 2.24) is 0 Å². The van der Waals surface area contributed by atoms with Gasteiger partial charge >= 0.3 is 12.4 Å². The van der Waals surface area contributed by atoms with Crippen molar-refractivity contribution < 1.29 is 43.9 Å². The lowest BCUT2D eigenvalue weighted by atomic mass is 9.88. The summed E-state index contributed by atoms with van der Waals surface area (Å²) in [4.78, 5) is 0. The summed E-state index contributed by atoms with van der Waals surface area (Å²) in [5.74, 6) is -8.45. The van der Waals surface area contributed by atoms with Crippen LogP contribution in [0.2, 0.25) is 0 Å². The van der Waals surface area contributed by atoms with Crippen LogP contribution < -0.4 is 0 Å². The highest BCUT2D eigenvalue weighted by atomic mass is 19.4. The number of rotatable bonds is 2. The summed E-state index contributed by atoms with van der Waals surface area (Å²) in [7, 11) is 0. The first-order valence-corrected chi connectivity index (χ1v) is 13.2. The number of nitriles is 6. The molecule has 0 radical (unpaired) electrons. The van der Waals surface area contributed by atoms with Gasteiger partial charge in [-0.2, -0.15) is 57.9 Å². The van der Waals surface area contributed by atoms with Gasteiger partial charge in [-0.15, -0.1) is 0 Å². The maximum atomic E-state index is 14.7. The lowest BCUT2D eigenvalue weighted by molar-refractivity contribution is -0.143. The van der Waals surface area contributed by atoms with E-state index < -0.39 is 102 Å². The van der Waals surface area contributed by atoms with E-state index in [4.69, 9.17) is 0 Å². The first-order chi connectivity index (χ1) is 23.5. The van der Waals surface area contributed by atoms with Crippen molar-refractivity contribution in [1.29, 1.82) is 31.6 Å². The first-order valence-electron chi connectivity index (χ1n) is 13.2. The van der Waals surface area contributed by atoms with E-state index in [0.29, 0.717) is 0 Å². The van der Waals surface area contributed by atoms with Crippen molar-refractivity contribution in [2.75, 3.05) is 0 Å². The summed E-state index contributed by atoms with van der Waals surface area (Å²) in [5, 5.41) is 59.5. The largest absolute Gasteiger partial charge is 0.422 e. The molecule has 0 heterocycles. The van der Waals surface area contributed by atoms with E-state index in [9.17, 15) is 75.5 Å². The summed E-state index contributed by atoms with van der Waals surface area (Å²) in [6, 6.07) is 12.2. The molecule has 0 aliphatic heterocycles. The Labute approximate surface area is 273 Å². The van der Waals surface area contributed by atoms with Crippen LogP contribution in [0.25, 0.3) is 33.4 Å². The quantitative estimate of drug-likeness (QED) is 0.195. The minimum Gasteiger partial charge on any atom is -0.206 e. The fraction of sp³-hybridized carbons (Fsp3) is 0.0588. The normalized spacial score (nSPS) is 13.4. The molecule has 3 aromatic carbocycles. The fourth-order valence-electron chi connectivity index (χ4n) is 5.79. The summed E-state index contributed by atoms with van der Waals surface area (Å²) in [6.45, 7) is 0. The molecular weight excluding hydrogens is 682 g/mol. The van der Waals surface area contributed by atoms with Crippen LogP contribution in [-0.2, 0) is 12.4 Å². The molecule has 0 saturated heterocycles. The Morgan fingerprint density at radius 2 is 0.720 bits per heavy atom. The molecule has 0 spiro atoms. The van der Waals surface area contributed by atoms with Gasteiger partial charge in [0.1, 0.15) is 82.0 Å². The molecule has 0 N–H and O–H groups in total. The third kappa shape index (κ3) is 5.10. The third-order valence-electron chi connectivity index (χ3n) is 7.63. The van der Waals surface area contributed by atoms with Crippen molar-refractivity contribution in [2.45, 2.75) is 12.4 Å². The van der Waals surface area contributed by atoms with Gasteiger partial charge in [0, 0.05) is 33.4 Å². The predicted octanol–water partition coefficient (Wildman–Crippen LogP) is 8.78. The number of fused-ring (bicyclic) bond motifs is 2. The van der Waals surface area contributed by atoms with Crippen LogP contribution in [0.4, 0.5) is 43.9 Å². The average molecular weight is 688 g/mol. The molecule has 5 rings (SSSR count). The number of allylic oxidation sites excluding steroid dienone is 8. The highest BCUT2D eigenvalue weighted by molar-refractivity contribution is 6.29. The van der Waals surface area contributed by atoms with E-state index in [1.165, 1.54) is 24.3 Å². The van der Waals surface area contributed by atoms with Gasteiger partial charge in [-0.3, -0.25) is 0 Å². The van der Waals surface area contributed by atoms with Gasteiger partial charge in [0.2, 0.25) is 0 Å². The van der Waals surface area contributed by atoms with E-state index in [2.05, 4.69) is 0 Å². The summed E-state index contributed by atoms with van der Waals surface area (Å²) in [6.07, 6.45) is -11.0. The number of hydrogen-bond acceptors (Lipinski definition) is 6. The van der Waals surface area contributed by atoms with Crippen molar-refractivity contribution in [3.63, 3.8) is 0 Å². The molecule has 242 valence electrons. The highest BCUT2D eigenvalue weighted by Gasteiger charge is 2.42. The number of halogens is 10. The molecule has 3 aromatic rings. The monoisotopic (exact) mass is 688 g/mol. The van der Waals surface area contributed by atoms with E-state index in [1.54, 1.807) is 12.1 Å². The average Bonchev–Trinajstić information content (AvgIpc) is 3.51. The van der Waals surface area contributed by atoms with Gasteiger partial charge in [0.15, 0.2) is 0 Å². The van der Waals surface area contributed by atoms with Crippen LogP contribution in [0.1, 0.15) is 44.5 Å². The van der Waals surface area contributed by atoms with Crippen LogP contribution in [0.5, 0.6) is 0 Å². The summed E-state index contributed by atoms with van der Waals surface area (Å²) < 4.78 is 139. The van der Waals surface area contributed by atoms with Crippen molar-refractivity contribution >= 4 is 33.4 Å². The Hall–Kier alpha value is -7.14. The van der Waals surface area contributed by atoms with Gasteiger partial charge in [-0.05, 0) is 58.7 Å². The van der Waals surface area contributed by atoms with Gasteiger partial charge < -0.3 is 0 Å². The van der Waals surface area contributed by atoms with Gasteiger partial charge in [-0.25, -0.2) is 17.6 Å². The van der Waals surface area contributed by atoms with Gasteiger partial charge in [0.05, 0.1) is 11.1 Å². The zero-order valence-electron chi connectivity index (χ0n) is 23.9. The van der Waals surface area contributed by atoms with E-state index in [1.807, 2.05) is 0 Å². The van der Waals surface area contributed by atoms with Crippen LogP contribution in [-0.4, -0.2) is 0 Å². The maximum Gasteiger partial charge on any atom is 0.422 e. The standard InChI is InChI=1S/C34H6F10N6/c35-23-1-13(2-24(36)31(23)33(39,40)41)27-21(11-49)17-5-18-20(6-19(17)29(27)15(7-45)8-46)30(16(9-47)10-48)28(22(18)12-50)14-3-25(37)32(26(38)4-14)34(42,43)44/h1-6H. The zero-order valence-corrected chi connectivity index (χ0v) is 23.9. The molecule has 50 heavy (non-hydrogen) atoms. The topological polar surface area (TPSA) is 143 Å². The molecule has 0 atom stereocenters. The Kier molecular flexibility index (Phi) is 8.09. The molecule has 2 aliphatic rings. The third-order valence-corrected chi connectivity index (χ3v) is 7.63. The minimum absolute atomic E-state index is 0.214. The van der Waals surface area contributed by atoms with Crippen molar-refractivity contribution in [3.8, 4) is 36.4 Å². The number of nitrogens with zero attached hydrogens (tertiary/aromatic N) is 6. The molecule has 0 amide bonds. The summed E-state index contributed by atoms with van der Waals surface area (Å²) in [5.41, 5.74) is -12.3. The molecule has 2 aliphatic carbocycles. The maximum absolute atomic E-state index is 14.7. The van der Waals surface area contributed by atoms with E-state index >= 15 is 0 Å². The van der Waals surface area contributed by atoms with Crippen molar-refractivity contribution in [3.05, 3.63) is 115 Å². The highest BCUT2D eigenvalue weighted by Crippen LogP contribution is 2.55. The predicted molar refractivity (Wildman–Crippen MR) is 150 cm³/mol. The lowest BCUT2D eigenvalue weighted by Crippen LogP contribution is -2.12. The zero-order chi connectivity index (χ0) is 37.0. The number of hydrogen-bond donors (Lipinski definition) is 0. The lowest BCUT2D eigenvalue weighted by Gasteiger charge is -2.14. The molecule has 0 aromatic heterocycles. The Balaban J connectivity index is 1.92.